The number of pyridine rings is 1. The second-order valence-electron chi connectivity index (χ2n) is 5.50. The van der Waals surface area contributed by atoms with Crippen LogP contribution in [0.25, 0.3) is 22.6 Å². The van der Waals surface area contributed by atoms with Crippen LogP contribution >= 0.6 is 0 Å². The number of benzene rings is 1. The van der Waals surface area contributed by atoms with Crippen LogP contribution in [-0.4, -0.2) is 20.3 Å². The van der Waals surface area contributed by atoms with E-state index in [2.05, 4.69) is 20.3 Å². The molecule has 0 fully saturated rings. The Kier molecular flexibility index (Phi) is 3.64. The molecule has 3 heterocycles. The van der Waals surface area contributed by atoms with Gasteiger partial charge in [-0.05, 0) is 44.2 Å². The number of ether oxygens (including phenoxy) is 1. The molecule has 1 aromatic carbocycles. The van der Waals surface area contributed by atoms with Crippen LogP contribution in [0.4, 0.5) is 4.39 Å². The van der Waals surface area contributed by atoms with Crippen LogP contribution in [0.3, 0.4) is 0 Å². The van der Waals surface area contributed by atoms with Gasteiger partial charge in [0.05, 0.1) is 16.6 Å². The van der Waals surface area contributed by atoms with Crippen LogP contribution in [0.15, 0.2) is 45.5 Å². The zero-order valence-electron chi connectivity index (χ0n) is 13.4. The van der Waals surface area contributed by atoms with Crippen molar-refractivity contribution in [3.63, 3.8) is 0 Å². The summed E-state index contributed by atoms with van der Waals surface area (Å²) in [5, 5.41) is 12.7. The van der Waals surface area contributed by atoms with E-state index < -0.39 is 6.10 Å². The lowest BCUT2D eigenvalue weighted by molar-refractivity contribution is 0.189. The number of halogens is 1. The average molecular weight is 340 g/mol. The first-order chi connectivity index (χ1) is 12.1. The topological polar surface area (TPSA) is 87.1 Å². The molecule has 0 radical (unpaired) electrons. The molecule has 0 aliphatic heterocycles. The van der Waals surface area contributed by atoms with E-state index in [-0.39, 0.29) is 5.82 Å². The maximum atomic E-state index is 12.9. The third-order valence-corrected chi connectivity index (χ3v) is 3.67. The molecule has 126 valence electrons. The number of nitrogens with zero attached hydrogens (tertiary/aromatic N) is 4. The summed E-state index contributed by atoms with van der Waals surface area (Å²) in [5.41, 5.74) is 1.85. The van der Waals surface area contributed by atoms with Crippen molar-refractivity contribution in [3.8, 4) is 17.2 Å². The zero-order valence-corrected chi connectivity index (χ0v) is 13.4. The standard InChI is InChI=1S/C17H13FN4O3/c1-9-14-7-11(8-19-17(14)25-22-9)16-21-20-15(24-16)10(2)23-13-5-3-12(18)4-6-13/h3-8,10H,1-2H3/t10-/m1/s1. The van der Waals surface area contributed by atoms with Crippen molar-refractivity contribution in [2.45, 2.75) is 20.0 Å². The Bertz CT molecular complexity index is 1030. The average Bonchev–Trinajstić information content (AvgIpc) is 3.24. The smallest absolute Gasteiger partial charge is 0.257 e. The Morgan fingerprint density at radius 1 is 1.16 bits per heavy atom. The number of aromatic nitrogens is 4. The monoisotopic (exact) mass is 340 g/mol. The highest BCUT2D eigenvalue weighted by Gasteiger charge is 2.18. The van der Waals surface area contributed by atoms with Crippen LogP contribution in [0.1, 0.15) is 24.6 Å². The van der Waals surface area contributed by atoms with Crippen LogP contribution < -0.4 is 4.74 Å². The van der Waals surface area contributed by atoms with Gasteiger partial charge in [0.2, 0.25) is 5.89 Å². The number of fused-ring (bicyclic) bond motifs is 1. The molecule has 0 amide bonds. The van der Waals surface area contributed by atoms with Crippen LogP contribution in [0.2, 0.25) is 0 Å². The lowest BCUT2D eigenvalue weighted by Gasteiger charge is -2.10. The molecule has 1 atom stereocenters. The van der Waals surface area contributed by atoms with Gasteiger partial charge in [-0.15, -0.1) is 10.2 Å². The molecule has 8 heteroatoms. The highest BCUT2D eigenvalue weighted by Crippen LogP contribution is 2.26. The lowest BCUT2D eigenvalue weighted by atomic mass is 10.2. The third-order valence-electron chi connectivity index (χ3n) is 3.67. The molecular weight excluding hydrogens is 327 g/mol. The number of rotatable bonds is 4. The fourth-order valence-corrected chi connectivity index (χ4v) is 2.35. The Morgan fingerprint density at radius 2 is 1.96 bits per heavy atom. The van der Waals surface area contributed by atoms with Gasteiger partial charge in [0.15, 0.2) is 6.10 Å². The van der Waals surface area contributed by atoms with Crippen LogP contribution in [-0.2, 0) is 0 Å². The highest BCUT2D eigenvalue weighted by atomic mass is 19.1. The molecule has 0 saturated heterocycles. The molecule has 25 heavy (non-hydrogen) atoms. The summed E-state index contributed by atoms with van der Waals surface area (Å²) in [4.78, 5) is 4.18. The Balaban J connectivity index is 1.57. The molecule has 4 aromatic rings. The normalized spacial score (nSPS) is 12.4. The predicted octanol–water partition coefficient (Wildman–Crippen LogP) is 3.86. The second-order valence-corrected chi connectivity index (χ2v) is 5.50. The van der Waals surface area contributed by atoms with E-state index in [4.69, 9.17) is 13.7 Å². The molecule has 0 saturated carbocycles. The Labute approximate surface area is 141 Å². The molecule has 0 unspecified atom stereocenters. The number of hydrogen-bond acceptors (Lipinski definition) is 7. The summed E-state index contributed by atoms with van der Waals surface area (Å²) in [6.45, 7) is 3.60. The van der Waals surface area contributed by atoms with E-state index in [1.54, 1.807) is 13.1 Å². The number of hydrogen-bond donors (Lipinski definition) is 0. The summed E-state index contributed by atoms with van der Waals surface area (Å²) in [5.74, 6) is 0.810. The summed E-state index contributed by atoms with van der Waals surface area (Å²) < 4.78 is 29.4. The first kappa shape index (κ1) is 15.3. The predicted molar refractivity (Wildman–Crippen MR) is 85.3 cm³/mol. The van der Waals surface area contributed by atoms with Gasteiger partial charge in [0.25, 0.3) is 11.6 Å². The number of aryl methyl sites for hydroxylation is 1. The van der Waals surface area contributed by atoms with Gasteiger partial charge in [-0.3, -0.25) is 0 Å². The largest absolute Gasteiger partial charge is 0.481 e. The first-order valence-electron chi connectivity index (χ1n) is 7.58. The molecule has 0 bridgehead atoms. The summed E-state index contributed by atoms with van der Waals surface area (Å²) in [7, 11) is 0. The van der Waals surface area contributed by atoms with E-state index in [0.717, 1.165) is 11.1 Å². The van der Waals surface area contributed by atoms with Crippen molar-refractivity contribution in [1.82, 2.24) is 20.3 Å². The van der Waals surface area contributed by atoms with E-state index in [1.807, 2.05) is 13.0 Å². The molecule has 0 aliphatic carbocycles. The van der Waals surface area contributed by atoms with E-state index in [9.17, 15) is 4.39 Å². The fourth-order valence-electron chi connectivity index (χ4n) is 2.35. The first-order valence-corrected chi connectivity index (χ1v) is 7.58. The minimum absolute atomic E-state index is 0.307. The zero-order chi connectivity index (χ0) is 17.4. The molecule has 0 aliphatic rings. The minimum Gasteiger partial charge on any atom is -0.481 e. The van der Waals surface area contributed by atoms with E-state index in [1.165, 1.54) is 24.3 Å². The van der Waals surface area contributed by atoms with Crippen molar-refractivity contribution in [2.75, 3.05) is 0 Å². The van der Waals surface area contributed by atoms with E-state index in [0.29, 0.717) is 28.8 Å². The summed E-state index contributed by atoms with van der Waals surface area (Å²) >= 11 is 0. The molecule has 4 rings (SSSR count). The van der Waals surface area contributed by atoms with Crippen molar-refractivity contribution in [1.29, 1.82) is 0 Å². The van der Waals surface area contributed by atoms with Crippen LogP contribution in [0, 0.1) is 12.7 Å². The van der Waals surface area contributed by atoms with Crippen LogP contribution in [0.5, 0.6) is 5.75 Å². The third kappa shape index (κ3) is 2.93. The second kappa shape index (κ2) is 5.97. The van der Waals surface area contributed by atoms with Gasteiger partial charge in [-0.1, -0.05) is 5.16 Å². The quantitative estimate of drug-likeness (QED) is 0.557. The molecule has 7 nitrogen and oxygen atoms in total. The van der Waals surface area contributed by atoms with Gasteiger partial charge < -0.3 is 13.7 Å². The molecule has 0 N–H and O–H groups in total. The molecule has 3 aromatic heterocycles. The van der Waals surface area contributed by atoms with Crippen molar-refractivity contribution < 1.29 is 18.1 Å². The lowest BCUT2D eigenvalue weighted by Crippen LogP contribution is -2.03. The molecular formula is C17H13FN4O3. The van der Waals surface area contributed by atoms with Crippen molar-refractivity contribution in [3.05, 3.63) is 53.9 Å². The Morgan fingerprint density at radius 3 is 2.76 bits per heavy atom. The van der Waals surface area contributed by atoms with Crippen molar-refractivity contribution in [2.24, 2.45) is 0 Å². The van der Waals surface area contributed by atoms with Gasteiger partial charge in [-0.25, -0.2) is 9.37 Å². The maximum absolute atomic E-state index is 12.9. The highest BCUT2D eigenvalue weighted by molar-refractivity contribution is 5.79. The Hall–Kier alpha value is -3.29. The minimum atomic E-state index is -0.485. The molecule has 0 spiro atoms. The summed E-state index contributed by atoms with van der Waals surface area (Å²) in [6.07, 6.45) is 1.09. The van der Waals surface area contributed by atoms with E-state index >= 15 is 0 Å². The maximum Gasteiger partial charge on any atom is 0.257 e. The van der Waals surface area contributed by atoms with Crippen molar-refractivity contribution >= 4 is 11.1 Å². The van der Waals surface area contributed by atoms with Gasteiger partial charge in [0, 0.05) is 6.20 Å². The summed E-state index contributed by atoms with van der Waals surface area (Å²) in [6, 6.07) is 7.55. The van der Waals surface area contributed by atoms with Gasteiger partial charge >= 0.3 is 0 Å². The fraction of sp³-hybridized carbons (Fsp3) is 0.176. The SMILES string of the molecule is Cc1noc2ncc(-c3nnc([C@@H](C)Oc4ccc(F)cc4)o3)cc12. The van der Waals surface area contributed by atoms with Gasteiger partial charge in [-0.2, -0.15) is 0 Å². The van der Waals surface area contributed by atoms with Gasteiger partial charge in [0.1, 0.15) is 11.6 Å².